The predicted octanol–water partition coefficient (Wildman–Crippen LogP) is 3.87. The van der Waals surface area contributed by atoms with E-state index in [0.29, 0.717) is 5.82 Å². The zero-order valence-corrected chi connectivity index (χ0v) is 13.6. The maximum absolute atomic E-state index is 12.1. The number of carbonyl (C=O) groups is 1. The predicted molar refractivity (Wildman–Crippen MR) is 95.6 cm³/mol. The van der Waals surface area contributed by atoms with Crippen molar-refractivity contribution in [2.24, 2.45) is 0 Å². The molecule has 0 aliphatic heterocycles. The first-order chi connectivity index (χ1) is 11.7. The molecule has 0 saturated heterocycles. The highest BCUT2D eigenvalue weighted by Crippen LogP contribution is 2.19. The van der Waals surface area contributed by atoms with Crippen LogP contribution < -0.4 is 10.6 Å². The van der Waals surface area contributed by atoms with Gasteiger partial charge in [0.2, 0.25) is 0 Å². The number of fused-ring (bicyclic) bond motifs is 1. The Balaban J connectivity index is 1.69. The molecule has 0 aliphatic carbocycles. The molecule has 6 nitrogen and oxygen atoms in total. The lowest BCUT2D eigenvalue weighted by molar-refractivity contribution is 0.249. The number of urea groups is 1. The number of aromatic amines is 1. The van der Waals surface area contributed by atoms with E-state index in [1.54, 1.807) is 12.3 Å². The topological polar surface area (TPSA) is 82.7 Å². The van der Waals surface area contributed by atoms with Crippen LogP contribution in [0.5, 0.6) is 0 Å². The molecule has 24 heavy (non-hydrogen) atoms. The Hall–Kier alpha value is -3.15. The van der Waals surface area contributed by atoms with E-state index in [2.05, 4.69) is 25.8 Å². The fraction of sp³-hybridized carbons (Fsp3) is 0.167. The van der Waals surface area contributed by atoms with Gasteiger partial charge in [0, 0.05) is 17.6 Å². The molecule has 1 atom stereocenters. The van der Waals surface area contributed by atoms with Crippen LogP contribution in [0.2, 0.25) is 0 Å². The SMILES string of the molecule is C/C=C/c1n[nH]c2cc(NC(=O)NC(C)c3ccccc3)ncc12. The third-order valence-corrected chi connectivity index (χ3v) is 3.69. The summed E-state index contributed by atoms with van der Waals surface area (Å²) in [6.45, 7) is 3.87. The number of nitrogens with zero attached hydrogens (tertiary/aromatic N) is 2. The minimum atomic E-state index is -0.300. The molecule has 3 N–H and O–H groups in total. The smallest absolute Gasteiger partial charge is 0.320 e. The first-order valence-corrected chi connectivity index (χ1v) is 7.76. The molecule has 1 aromatic carbocycles. The summed E-state index contributed by atoms with van der Waals surface area (Å²) in [6.07, 6.45) is 5.52. The molecule has 0 spiro atoms. The Morgan fingerprint density at radius 3 is 2.83 bits per heavy atom. The molecule has 0 fully saturated rings. The largest absolute Gasteiger partial charge is 0.331 e. The van der Waals surface area contributed by atoms with Gasteiger partial charge >= 0.3 is 6.03 Å². The van der Waals surface area contributed by atoms with Crippen molar-refractivity contribution < 1.29 is 4.79 Å². The van der Waals surface area contributed by atoms with Gasteiger partial charge in [-0.3, -0.25) is 10.4 Å². The molecule has 1 unspecified atom stereocenters. The van der Waals surface area contributed by atoms with E-state index in [9.17, 15) is 4.79 Å². The van der Waals surface area contributed by atoms with Gasteiger partial charge in [-0.2, -0.15) is 5.10 Å². The van der Waals surface area contributed by atoms with Crippen LogP contribution in [0.15, 0.2) is 48.7 Å². The third kappa shape index (κ3) is 3.43. The maximum Gasteiger partial charge on any atom is 0.320 e. The molecular formula is C18H19N5O. The van der Waals surface area contributed by atoms with E-state index in [0.717, 1.165) is 22.2 Å². The van der Waals surface area contributed by atoms with Crippen molar-refractivity contribution in [3.05, 3.63) is 59.9 Å². The molecular weight excluding hydrogens is 302 g/mol. The molecule has 0 saturated carbocycles. The monoisotopic (exact) mass is 321 g/mol. The highest BCUT2D eigenvalue weighted by Gasteiger charge is 2.11. The Bertz CT molecular complexity index is 870. The van der Waals surface area contributed by atoms with Crippen molar-refractivity contribution in [2.75, 3.05) is 5.32 Å². The Labute approximate surface area is 140 Å². The number of H-pyrrole nitrogens is 1. The zero-order valence-electron chi connectivity index (χ0n) is 13.6. The molecule has 0 radical (unpaired) electrons. The van der Waals surface area contributed by atoms with Crippen LogP contribution in [0.4, 0.5) is 10.6 Å². The van der Waals surface area contributed by atoms with E-state index < -0.39 is 0 Å². The van der Waals surface area contributed by atoms with Gasteiger partial charge in [-0.15, -0.1) is 0 Å². The average molecular weight is 321 g/mol. The average Bonchev–Trinajstić information content (AvgIpc) is 2.98. The number of allylic oxidation sites excluding steroid dienone is 1. The standard InChI is InChI=1S/C18H19N5O/c1-3-7-15-14-11-19-17(10-16(14)23-22-15)21-18(24)20-12(2)13-8-5-4-6-9-13/h3-12H,1-2H3,(H,22,23)(H2,19,20,21,24)/b7-3+. The van der Waals surface area contributed by atoms with E-state index in [4.69, 9.17) is 0 Å². The number of anilines is 1. The Kier molecular flexibility index (Phi) is 4.56. The normalized spacial score (nSPS) is 12.4. The van der Waals surface area contributed by atoms with E-state index in [1.807, 2.05) is 56.3 Å². The second-order valence-corrected chi connectivity index (χ2v) is 5.45. The Morgan fingerprint density at radius 2 is 2.08 bits per heavy atom. The fourth-order valence-corrected chi connectivity index (χ4v) is 2.46. The Morgan fingerprint density at radius 1 is 1.29 bits per heavy atom. The molecule has 122 valence electrons. The summed E-state index contributed by atoms with van der Waals surface area (Å²) in [5, 5.41) is 13.7. The van der Waals surface area contributed by atoms with Crippen LogP contribution in [0.1, 0.15) is 31.1 Å². The zero-order chi connectivity index (χ0) is 16.9. The lowest BCUT2D eigenvalue weighted by Crippen LogP contribution is -2.31. The molecule has 3 rings (SSSR count). The third-order valence-electron chi connectivity index (χ3n) is 3.69. The van der Waals surface area contributed by atoms with Crippen molar-refractivity contribution in [3.8, 4) is 0 Å². The van der Waals surface area contributed by atoms with Crippen LogP contribution in [-0.2, 0) is 0 Å². The number of rotatable bonds is 4. The minimum Gasteiger partial charge on any atom is -0.331 e. The number of hydrogen-bond donors (Lipinski definition) is 3. The van der Waals surface area contributed by atoms with Crippen LogP contribution in [0.25, 0.3) is 17.0 Å². The highest BCUT2D eigenvalue weighted by atomic mass is 16.2. The van der Waals surface area contributed by atoms with Crippen LogP contribution in [0.3, 0.4) is 0 Å². The van der Waals surface area contributed by atoms with Gasteiger partial charge in [-0.25, -0.2) is 9.78 Å². The van der Waals surface area contributed by atoms with Crippen molar-refractivity contribution in [3.63, 3.8) is 0 Å². The van der Waals surface area contributed by atoms with Gasteiger partial charge in [0.05, 0.1) is 17.3 Å². The lowest BCUT2D eigenvalue weighted by Gasteiger charge is -2.14. The summed E-state index contributed by atoms with van der Waals surface area (Å²) in [4.78, 5) is 16.4. The minimum absolute atomic E-state index is 0.0941. The van der Waals surface area contributed by atoms with Crippen molar-refractivity contribution in [2.45, 2.75) is 19.9 Å². The van der Waals surface area contributed by atoms with Crippen molar-refractivity contribution in [1.29, 1.82) is 0 Å². The van der Waals surface area contributed by atoms with Crippen molar-refractivity contribution in [1.82, 2.24) is 20.5 Å². The molecule has 2 amide bonds. The van der Waals surface area contributed by atoms with Gasteiger partial charge in [-0.05, 0) is 25.5 Å². The summed E-state index contributed by atoms with van der Waals surface area (Å²) in [7, 11) is 0. The summed E-state index contributed by atoms with van der Waals surface area (Å²) in [6, 6.07) is 11.2. The lowest BCUT2D eigenvalue weighted by atomic mass is 10.1. The summed E-state index contributed by atoms with van der Waals surface area (Å²) in [5.74, 6) is 0.468. The number of aromatic nitrogens is 3. The molecule has 3 aromatic rings. The highest BCUT2D eigenvalue weighted by molar-refractivity contribution is 5.92. The fourth-order valence-electron chi connectivity index (χ4n) is 2.46. The van der Waals surface area contributed by atoms with Gasteiger partial charge in [0.1, 0.15) is 5.82 Å². The van der Waals surface area contributed by atoms with Gasteiger partial charge < -0.3 is 5.32 Å². The molecule has 2 aromatic heterocycles. The van der Waals surface area contributed by atoms with Gasteiger partial charge in [0.25, 0.3) is 0 Å². The number of benzene rings is 1. The number of pyridine rings is 1. The number of amides is 2. The van der Waals surface area contributed by atoms with Crippen molar-refractivity contribution >= 4 is 28.8 Å². The number of hydrogen-bond acceptors (Lipinski definition) is 3. The quantitative estimate of drug-likeness (QED) is 0.682. The summed E-state index contributed by atoms with van der Waals surface area (Å²) in [5.41, 5.74) is 2.69. The second-order valence-electron chi connectivity index (χ2n) is 5.45. The van der Waals surface area contributed by atoms with E-state index in [1.165, 1.54) is 0 Å². The summed E-state index contributed by atoms with van der Waals surface area (Å²) < 4.78 is 0. The molecule has 0 bridgehead atoms. The molecule has 6 heteroatoms. The van der Waals surface area contributed by atoms with Crippen LogP contribution >= 0.6 is 0 Å². The molecule has 2 heterocycles. The number of nitrogens with one attached hydrogen (secondary N) is 3. The van der Waals surface area contributed by atoms with Crippen LogP contribution in [0, 0.1) is 0 Å². The molecule has 0 aliphatic rings. The summed E-state index contributed by atoms with van der Waals surface area (Å²) >= 11 is 0. The van der Waals surface area contributed by atoms with Crippen LogP contribution in [-0.4, -0.2) is 21.2 Å². The number of carbonyl (C=O) groups excluding carboxylic acids is 1. The van der Waals surface area contributed by atoms with E-state index in [-0.39, 0.29) is 12.1 Å². The van der Waals surface area contributed by atoms with Gasteiger partial charge in [0.15, 0.2) is 0 Å². The first kappa shape index (κ1) is 15.7. The second kappa shape index (κ2) is 6.95. The first-order valence-electron chi connectivity index (χ1n) is 7.76. The van der Waals surface area contributed by atoms with E-state index >= 15 is 0 Å². The van der Waals surface area contributed by atoms with Gasteiger partial charge in [-0.1, -0.05) is 36.4 Å². The maximum atomic E-state index is 12.1.